The lowest BCUT2D eigenvalue weighted by atomic mass is 10.0. The van der Waals surface area contributed by atoms with Gasteiger partial charge in [0.2, 0.25) is 0 Å². The summed E-state index contributed by atoms with van der Waals surface area (Å²) in [6, 6.07) is 0. The van der Waals surface area contributed by atoms with Crippen LogP contribution < -0.4 is 0 Å². The number of ether oxygens (including phenoxy) is 2. The number of hydrogen-bond acceptors (Lipinski definition) is 2. The molecule has 0 heterocycles. The van der Waals surface area contributed by atoms with Crippen LogP contribution in [-0.2, 0) is 9.47 Å². The van der Waals surface area contributed by atoms with Crippen LogP contribution in [0.15, 0.2) is 0 Å². The van der Waals surface area contributed by atoms with E-state index in [1.807, 2.05) is 6.92 Å². The molecule has 0 fully saturated rings. The fourth-order valence-electron chi connectivity index (χ4n) is 2.33. The Morgan fingerprint density at radius 2 is 1.26 bits per heavy atom. The first-order chi connectivity index (χ1) is 9.35. The summed E-state index contributed by atoms with van der Waals surface area (Å²) >= 11 is 0. The highest BCUT2D eigenvalue weighted by atomic mass is 16.5. The SMILES string of the molecule is CCCCCCCC(CCCCC)OCCOCC. The molecule has 0 aromatic carbocycles. The summed E-state index contributed by atoms with van der Waals surface area (Å²) in [7, 11) is 0. The van der Waals surface area contributed by atoms with Crippen LogP contribution in [0.3, 0.4) is 0 Å². The van der Waals surface area contributed by atoms with Gasteiger partial charge >= 0.3 is 0 Å². The van der Waals surface area contributed by atoms with Crippen LogP contribution in [-0.4, -0.2) is 25.9 Å². The van der Waals surface area contributed by atoms with Crippen molar-refractivity contribution >= 4 is 0 Å². The highest BCUT2D eigenvalue weighted by Crippen LogP contribution is 2.15. The summed E-state index contributed by atoms with van der Waals surface area (Å²) in [4.78, 5) is 0. The maximum absolute atomic E-state index is 5.97. The van der Waals surface area contributed by atoms with E-state index in [0.29, 0.717) is 6.10 Å². The van der Waals surface area contributed by atoms with Crippen molar-refractivity contribution in [2.24, 2.45) is 0 Å². The minimum atomic E-state index is 0.466. The van der Waals surface area contributed by atoms with Gasteiger partial charge in [0.05, 0.1) is 19.3 Å². The smallest absolute Gasteiger partial charge is 0.0704 e. The molecule has 0 radical (unpaired) electrons. The van der Waals surface area contributed by atoms with Gasteiger partial charge in [0.25, 0.3) is 0 Å². The summed E-state index contributed by atoms with van der Waals surface area (Å²) < 4.78 is 11.3. The monoisotopic (exact) mass is 272 g/mol. The molecule has 0 aliphatic rings. The molecule has 0 aromatic heterocycles. The highest BCUT2D eigenvalue weighted by molar-refractivity contribution is 4.60. The quantitative estimate of drug-likeness (QED) is 0.374. The Labute approximate surface area is 121 Å². The van der Waals surface area contributed by atoms with E-state index in [0.717, 1.165) is 19.8 Å². The second kappa shape index (κ2) is 16.0. The van der Waals surface area contributed by atoms with Crippen LogP contribution >= 0.6 is 0 Å². The highest BCUT2D eigenvalue weighted by Gasteiger charge is 2.08. The Kier molecular flexibility index (Phi) is 15.9. The molecule has 116 valence electrons. The van der Waals surface area contributed by atoms with E-state index in [1.54, 1.807) is 0 Å². The van der Waals surface area contributed by atoms with Gasteiger partial charge in [-0.2, -0.15) is 0 Å². The molecule has 1 unspecified atom stereocenters. The molecule has 19 heavy (non-hydrogen) atoms. The van der Waals surface area contributed by atoms with E-state index in [2.05, 4.69) is 13.8 Å². The van der Waals surface area contributed by atoms with E-state index < -0.39 is 0 Å². The third kappa shape index (κ3) is 14.1. The third-order valence-electron chi connectivity index (χ3n) is 3.54. The fourth-order valence-corrected chi connectivity index (χ4v) is 2.33. The van der Waals surface area contributed by atoms with Gasteiger partial charge in [-0.05, 0) is 19.8 Å². The Hall–Kier alpha value is -0.0800. The second-order valence-electron chi connectivity index (χ2n) is 5.39. The maximum atomic E-state index is 5.97. The maximum Gasteiger partial charge on any atom is 0.0704 e. The molecule has 0 bridgehead atoms. The fraction of sp³-hybridized carbons (Fsp3) is 1.00. The molecule has 0 aliphatic heterocycles. The van der Waals surface area contributed by atoms with E-state index in [-0.39, 0.29) is 0 Å². The van der Waals surface area contributed by atoms with Crippen LogP contribution in [0, 0.1) is 0 Å². The van der Waals surface area contributed by atoms with Crippen LogP contribution in [0.1, 0.15) is 85.0 Å². The van der Waals surface area contributed by atoms with Gasteiger partial charge in [-0.1, -0.05) is 65.2 Å². The molecular formula is C17H36O2. The standard InChI is InChI=1S/C17H36O2/c1-4-7-9-10-12-14-17(13-11-8-5-2)19-16-15-18-6-3/h17H,4-16H2,1-3H3. The van der Waals surface area contributed by atoms with Gasteiger partial charge in [0, 0.05) is 6.61 Å². The Balaban J connectivity index is 3.63. The number of unbranched alkanes of at least 4 members (excludes halogenated alkanes) is 6. The van der Waals surface area contributed by atoms with Gasteiger partial charge < -0.3 is 9.47 Å². The predicted molar refractivity (Wildman–Crippen MR) is 83.8 cm³/mol. The molecule has 0 aliphatic carbocycles. The first-order valence-corrected chi connectivity index (χ1v) is 8.54. The van der Waals surface area contributed by atoms with Crippen molar-refractivity contribution in [2.75, 3.05) is 19.8 Å². The van der Waals surface area contributed by atoms with Crippen molar-refractivity contribution in [3.63, 3.8) is 0 Å². The summed E-state index contributed by atoms with van der Waals surface area (Å²) in [6.07, 6.45) is 13.7. The van der Waals surface area contributed by atoms with Crippen molar-refractivity contribution in [3.8, 4) is 0 Å². The summed E-state index contributed by atoms with van der Waals surface area (Å²) in [5, 5.41) is 0. The van der Waals surface area contributed by atoms with Crippen LogP contribution in [0.2, 0.25) is 0 Å². The van der Waals surface area contributed by atoms with Crippen molar-refractivity contribution < 1.29 is 9.47 Å². The summed E-state index contributed by atoms with van der Waals surface area (Å²) in [6.45, 7) is 8.86. The Morgan fingerprint density at radius 1 is 0.684 bits per heavy atom. The van der Waals surface area contributed by atoms with Crippen molar-refractivity contribution in [3.05, 3.63) is 0 Å². The average molecular weight is 272 g/mol. The van der Waals surface area contributed by atoms with Crippen molar-refractivity contribution in [1.29, 1.82) is 0 Å². The molecule has 0 aromatic rings. The van der Waals surface area contributed by atoms with Gasteiger partial charge in [0.1, 0.15) is 0 Å². The van der Waals surface area contributed by atoms with Gasteiger partial charge in [-0.15, -0.1) is 0 Å². The minimum absolute atomic E-state index is 0.466. The lowest BCUT2D eigenvalue weighted by Crippen LogP contribution is -2.16. The second-order valence-corrected chi connectivity index (χ2v) is 5.39. The van der Waals surface area contributed by atoms with Gasteiger partial charge in [-0.3, -0.25) is 0 Å². The zero-order chi connectivity index (χ0) is 14.2. The molecule has 0 amide bonds. The minimum Gasteiger partial charge on any atom is -0.379 e. The molecule has 2 heteroatoms. The Bertz CT molecular complexity index is 159. The normalized spacial score (nSPS) is 12.8. The first-order valence-electron chi connectivity index (χ1n) is 8.54. The van der Waals surface area contributed by atoms with Crippen molar-refractivity contribution in [1.82, 2.24) is 0 Å². The number of rotatable bonds is 15. The zero-order valence-electron chi connectivity index (χ0n) is 13.6. The van der Waals surface area contributed by atoms with Crippen LogP contribution in [0.4, 0.5) is 0 Å². The zero-order valence-corrected chi connectivity index (χ0v) is 13.6. The largest absolute Gasteiger partial charge is 0.379 e. The molecule has 0 saturated heterocycles. The summed E-state index contributed by atoms with van der Waals surface area (Å²) in [5.74, 6) is 0. The molecule has 2 nitrogen and oxygen atoms in total. The molecule has 0 N–H and O–H groups in total. The molecule has 1 atom stereocenters. The lowest BCUT2D eigenvalue weighted by Gasteiger charge is -2.18. The van der Waals surface area contributed by atoms with Gasteiger partial charge in [0.15, 0.2) is 0 Å². The molecular weight excluding hydrogens is 236 g/mol. The van der Waals surface area contributed by atoms with E-state index in [9.17, 15) is 0 Å². The predicted octanol–water partition coefficient (Wildman–Crippen LogP) is 5.35. The topological polar surface area (TPSA) is 18.5 Å². The van der Waals surface area contributed by atoms with E-state index in [4.69, 9.17) is 9.47 Å². The van der Waals surface area contributed by atoms with E-state index >= 15 is 0 Å². The first kappa shape index (κ1) is 18.9. The molecule has 0 rings (SSSR count). The lowest BCUT2D eigenvalue weighted by molar-refractivity contribution is -0.00162. The van der Waals surface area contributed by atoms with Crippen molar-refractivity contribution in [2.45, 2.75) is 91.1 Å². The average Bonchev–Trinajstić information content (AvgIpc) is 2.42. The Morgan fingerprint density at radius 3 is 1.89 bits per heavy atom. The van der Waals surface area contributed by atoms with Gasteiger partial charge in [-0.25, -0.2) is 0 Å². The molecule has 0 saturated carbocycles. The summed E-state index contributed by atoms with van der Waals surface area (Å²) in [5.41, 5.74) is 0. The van der Waals surface area contributed by atoms with Crippen LogP contribution in [0.25, 0.3) is 0 Å². The number of hydrogen-bond donors (Lipinski definition) is 0. The third-order valence-corrected chi connectivity index (χ3v) is 3.54. The van der Waals surface area contributed by atoms with Crippen LogP contribution in [0.5, 0.6) is 0 Å². The molecule has 0 spiro atoms. The van der Waals surface area contributed by atoms with E-state index in [1.165, 1.54) is 64.2 Å².